The van der Waals surface area contributed by atoms with E-state index < -0.39 is 36.8 Å². The minimum Gasteiger partial charge on any atom is -0.462 e. The summed E-state index contributed by atoms with van der Waals surface area (Å²) < 4.78 is 11.6. The van der Waals surface area contributed by atoms with Crippen LogP contribution in [0.2, 0.25) is 0 Å². The van der Waals surface area contributed by atoms with Crippen LogP contribution < -0.4 is 4.74 Å². The third-order valence-corrected chi connectivity index (χ3v) is 5.81. The quantitative estimate of drug-likeness (QED) is 0.446. The van der Waals surface area contributed by atoms with Crippen LogP contribution in [-0.2, 0) is 24.2 Å². The Balaban J connectivity index is 1.92. The lowest BCUT2D eigenvalue weighted by molar-refractivity contribution is -0.286. The van der Waals surface area contributed by atoms with Crippen LogP contribution in [0.5, 0.6) is 5.75 Å². The van der Waals surface area contributed by atoms with E-state index in [0.717, 1.165) is 23.1 Å². The Labute approximate surface area is 182 Å². The summed E-state index contributed by atoms with van der Waals surface area (Å²) in [5.74, 6) is 0.403. The molecule has 1 heterocycles. The molecule has 7 nitrogen and oxygen atoms in total. The van der Waals surface area contributed by atoms with Crippen molar-refractivity contribution in [2.75, 3.05) is 0 Å². The maximum atomic E-state index is 10.4. The van der Waals surface area contributed by atoms with E-state index >= 15 is 0 Å². The van der Waals surface area contributed by atoms with Crippen molar-refractivity contribution in [3.05, 3.63) is 64.2 Å². The normalized spacial score (nSPS) is 27.2. The van der Waals surface area contributed by atoms with Gasteiger partial charge in [-0.05, 0) is 48.6 Å². The van der Waals surface area contributed by atoms with Gasteiger partial charge in [-0.1, -0.05) is 37.3 Å². The fourth-order valence-electron chi connectivity index (χ4n) is 3.87. The molecule has 3 rings (SSSR count). The second-order valence-corrected chi connectivity index (χ2v) is 8.19. The minimum absolute atomic E-state index is 0.186. The summed E-state index contributed by atoms with van der Waals surface area (Å²) in [6, 6.07) is 11.8. The lowest BCUT2D eigenvalue weighted by atomic mass is 9.95. The summed E-state index contributed by atoms with van der Waals surface area (Å²) in [5.41, 5.74) is 4.70. The van der Waals surface area contributed by atoms with E-state index in [1.165, 1.54) is 12.5 Å². The SMILES string of the molecule is CCc1ccc(Cc2c(C)cc(CO)cc2O[C@@H]2O[C@H]([C@H](C)O)[C@@H](O)[C@H](O)[C@H]2O)cc1. The monoisotopic (exact) mass is 432 g/mol. The van der Waals surface area contributed by atoms with Crippen molar-refractivity contribution in [1.82, 2.24) is 0 Å². The Kier molecular flexibility index (Phi) is 7.69. The molecule has 1 fully saturated rings. The molecule has 1 aliphatic rings. The molecule has 7 heteroatoms. The summed E-state index contributed by atoms with van der Waals surface area (Å²) >= 11 is 0. The van der Waals surface area contributed by atoms with E-state index in [0.29, 0.717) is 17.7 Å². The molecular weight excluding hydrogens is 400 g/mol. The van der Waals surface area contributed by atoms with Crippen LogP contribution in [0.3, 0.4) is 0 Å². The number of aliphatic hydroxyl groups is 5. The minimum atomic E-state index is -1.54. The molecule has 31 heavy (non-hydrogen) atoms. The topological polar surface area (TPSA) is 120 Å². The van der Waals surface area contributed by atoms with Crippen LogP contribution in [0.15, 0.2) is 36.4 Å². The smallest absolute Gasteiger partial charge is 0.229 e. The van der Waals surface area contributed by atoms with E-state index in [9.17, 15) is 25.5 Å². The molecule has 170 valence electrons. The first-order valence-corrected chi connectivity index (χ1v) is 10.6. The van der Waals surface area contributed by atoms with Crippen molar-refractivity contribution < 1.29 is 35.0 Å². The lowest BCUT2D eigenvalue weighted by Gasteiger charge is -2.41. The van der Waals surface area contributed by atoms with Crippen molar-refractivity contribution in [3.63, 3.8) is 0 Å². The van der Waals surface area contributed by atoms with Crippen LogP contribution in [0.4, 0.5) is 0 Å². The first-order valence-electron chi connectivity index (χ1n) is 10.6. The third kappa shape index (κ3) is 5.26. The number of rotatable bonds is 7. The molecule has 0 spiro atoms. The van der Waals surface area contributed by atoms with Crippen molar-refractivity contribution in [1.29, 1.82) is 0 Å². The molecule has 0 bridgehead atoms. The highest BCUT2D eigenvalue weighted by Gasteiger charge is 2.46. The molecule has 0 aliphatic carbocycles. The molecule has 6 atom stereocenters. The Morgan fingerprint density at radius 1 is 0.968 bits per heavy atom. The molecule has 2 aromatic carbocycles. The molecule has 0 unspecified atom stereocenters. The van der Waals surface area contributed by atoms with Gasteiger partial charge in [-0.2, -0.15) is 0 Å². The maximum absolute atomic E-state index is 10.4. The number of aryl methyl sites for hydroxylation is 2. The highest BCUT2D eigenvalue weighted by Crippen LogP contribution is 2.32. The zero-order valence-electron chi connectivity index (χ0n) is 18.1. The molecule has 5 N–H and O–H groups in total. The second kappa shape index (κ2) is 10.1. The summed E-state index contributed by atoms with van der Waals surface area (Å²) in [6.45, 7) is 5.25. The van der Waals surface area contributed by atoms with Crippen LogP contribution in [0.1, 0.15) is 41.7 Å². The fourth-order valence-corrected chi connectivity index (χ4v) is 3.87. The zero-order valence-corrected chi connectivity index (χ0v) is 18.1. The fraction of sp³-hybridized carbons (Fsp3) is 0.500. The first-order chi connectivity index (χ1) is 14.7. The third-order valence-electron chi connectivity index (χ3n) is 5.81. The van der Waals surface area contributed by atoms with Gasteiger partial charge < -0.3 is 35.0 Å². The van der Waals surface area contributed by atoms with E-state index in [1.54, 1.807) is 6.07 Å². The zero-order chi connectivity index (χ0) is 22.7. The molecule has 0 saturated carbocycles. The standard InChI is InChI=1S/C24H32O7/c1-4-15-5-7-16(8-6-15)10-18-13(2)9-17(12-25)11-19(18)30-24-22(29)20(27)21(28)23(31-24)14(3)26/h5-9,11,14,20-29H,4,10,12H2,1-3H3/t14-,20-,21-,22+,23+,24+/m0/s1. The van der Waals surface area contributed by atoms with Gasteiger partial charge in [0, 0.05) is 12.0 Å². The van der Waals surface area contributed by atoms with Crippen molar-refractivity contribution in [2.45, 2.75) is 77.0 Å². The van der Waals surface area contributed by atoms with E-state index in [2.05, 4.69) is 31.2 Å². The lowest BCUT2D eigenvalue weighted by Crippen LogP contribution is -2.61. The molecule has 0 amide bonds. The van der Waals surface area contributed by atoms with Gasteiger partial charge in [0.05, 0.1) is 12.7 Å². The molecule has 1 aliphatic heterocycles. The maximum Gasteiger partial charge on any atom is 0.229 e. The number of ether oxygens (including phenoxy) is 2. The van der Waals surface area contributed by atoms with Crippen LogP contribution in [0.25, 0.3) is 0 Å². The summed E-state index contributed by atoms with van der Waals surface area (Å²) in [6.07, 6.45) is -6.48. The average molecular weight is 433 g/mol. The van der Waals surface area contributed by atoms with Gasteiger partial charge in [-0.15, -0.1) is 0 Å². The predicted octanol–water partition coefficient (Wildman–Crippen LogP) is 1.21. The molecule has 2 aromatic rings. The van der Waals surface area contributed by atoms with Crippen molar-refractivity contribution >= 4 is 0 Å². The van der Waals surface area contributed by atoms with Crippen molar-refractivity contribution in [2.24, 2.45) is 0 Å². The number of hydrogen-bond donors (Lipinski definition) is 5. The number of aliphatic hydroxyl groups excluding tert-OH is 5. The largest absolute Gasteiger partial charge is 0.462 e. The van der Waals surface area contributed by atoms with Gasteiger partial charge >= 0.3 is 0 Å². The Hall–Kier alpha value is -2.00. The highest BCUT2D eigenvalue weighted by atomic mass is 16.7. The number of benzene rings is 2. The van der Waals surface area contributed by atoms with Crippen molar-refractivity contribution in [3.8, 4) is 5.75 Å². The second-order valence-electron chi connectivity index (χ2n) is 8.19. The van der Waals surface area contributed by atoms with Gasteiger partial charge in [-0.25, -0.2) is 0 Å². The van der Waals surface area contributed by atoms with Gasteiger partial charge in [-0.3, -0.25) is 0 Å². The molecule has 1 saturated heterocycles. The summed E-state index contributed by atoms with van der Waals surface area (Å²) in [4.78, 5) is 0. The van der Waals surface area contributed by atoms with E-state index in [4.69, 9.17) is 9.47 Å². The van der Waals surface area contributed by atoms with Gasteiger partial charge in [0.2, 0.25) is 6.29 Å². The van der Waals surface area contributed by atoms with Gasteiger partial charge in [0.25, 0.3) is 0 Å². The molecular formula is C24H32O7. The van der Waals surface area contributed by atoms with Gasteiger partial charge in [0.15, 0.2) is 0 Å². The number of hydrogen-bond acceptors (Lipinski definition) is 7. The summed E-state index contributed by atoms with van der Waals surface area (Å²) in [7, 11) is 0. The highest BCUT2D eigenvalue weighted by molar-refractivity contribution is 5.46. The average Bonchev–Trinajstić information content (AvgIpc) is 2.76. The van der Waals surface area contributed by atoms with Crippen LogP contribution >= 0.6 is 0 Å². The summed E-state index contributed by atoms with van der Waals surface area (Å²) in [5, 5.41) is 50.2. The molecule has 0 radical (unpaired) electrons. The molecule has 0 aromatic heterocycles. The Morgan fingerprint density at radius 2 is 1.61 bits per heavy atom. The van der Waals surface area contributed by atoms with E-state index in [-0.39, 0.29) is 6.61 Å². The van der Waals surface area contributed by atoms with Crippen LogP contribution in [0, 0.1) is 6.92 Å². The Bertz CT molecular complexity index is 865. The first kappa shape index (κ1) is 23.7. The Morgan fingerprint density at radius 3 is 2.19 bits per heavy atom. The van der Waals surface area contributed by atoms with Crippen LogP contribution in [-0.4, -0.2) is 62.3 Å². The van der Waals surface area contributed by atoms with Gasteiger partial charge in [0.1, 0.15) is 30.2 Å². The van der Waals surface area contributed by atoms with E-state index in [1.807, 2.05) is 13.0 Å². The predicted molar refractivity (Wildman–Crippen MR) is 115 cm³/mol.